The van der Waals surface area contributed by atoms with Crippen molar-refractivity contribution in [3.63, 3.8) is 0 Å². The Morgan fingerprint density at radius 2 is 1.70 bits per heavy atom. The summed E-state index contributed by atoms with van der Waals surface area (Å²) in [6, 6.07) is 0. The number of amides is 2. The van der Waals surface area contributed by atoms with Crippen LogP contribution in [0.3, 0.4) is 0 Å². The summed E-state index contributed by atoms with van der Waals surface area (Å²) in [5.74, 6) is 0.0215. The molecule has 148 valence electrons. The van der Waals surface area contributed by atoms with Crippen molar-refractivity contribution in [2.45, 2.75) is 13.8 Å². The maximum absolute atomic E-state index is 12.3. The number of hydrogen-bond donors (Lipinski definition) is 0. The second-order valence-electron chi connectivity index (χ2n) is 6.96. The highest BCUT2D eigenvalue weighted by atomic mass is 16.6. The monoisotopic (exact) mass is 378 g/mol. The van der Waals surface area contributed by atoms with E-state index in [1.165, 1.54) is 30.0 Å². The van der Waals surface area contributed by atoms with Crippen molar-refractivity contribution in [1.82, 2.24) is 18.9 Å². The summed E-state index contributed by atoms with van der Waals surface area (Å²) in [6.45, 7) is 5.89. The van der Waals surface area contributed by atoms with Gasteiger partial charge in [0, 0.05) is 52.5 Å². The fraction of sp³-hybridized carbons (Fsp3) is 0.556. The lowest BCUT2D eigenvalue weighted by atomic mass is 10.2. The summed E-state index contributed by atoms with van der Waals surface area (Å²) in [5, 5.41) is 0. The Hall–Kier alpha value is -2.84. The van der Waals surface area contributed by atoms with Gasteiger partial charge in [-0.3, -0.25) is 14.2 Å². The minimum absolute atomic E-state index is 0.249. The molecule has 0 saturated carbocycles. The molecule has 0 spiro atoms. The van der Waals surface area contributed by atoms with Gasteiger partial charge in [-0.1, -0.05) is 13.8 Å². The van der Waals surface area contributed by atoms with Crippen LogP contribution in [0.25, 0.3) is 6.08 Å². The number of carbonyl (C=O) groups is 2. The van der Waals surface area contributed by atoms with Crippen molar-refractivity contribution in [2.24, 2.45) is 20.0 Å². The molecule has 1 aromatic rings. The quantitative estimate of drug-likeness (QED) is 0.690. The summed E-state index contributed by atoms with van der Waals surface area (Å²) in [7, 11) is 2.93. The van der Waals surface area contributed by atoms with E-state index < -0.39 is 11.2 Å². The molecule has 0 radical (unpaired) electrons. The lowest BCUT2D eigenvalue weighted by molar-refractivity contribution is -0.127. The largest absolute Gasteiger partial charge is 0.449 e. The average Bonchev–Trinajstić information content (AvgIpc) is 2.66. The van der Waals surface area contributed by atoms with Gasteiger partial charge in [-0.2, -0.15) is 0 Å². The third-order valence-corrected chi connectivity index (χ3v) is 4.27. The first kappa shape index (κ1) is 20.5. The normalized spacial score (nSPS) is 14.9. The van der Waals surface area contributed by atoms with Crippen molar-refractivity contribution < 1.29 is 14.3 Å². The molecule has 1 saturated heterocycles. The van der Waals surface area contributed by atoms with Gasteiger partial charge in [-0.05, 0) is 12.0 Å². The third-order valence-electron chi connectivity index (χ3n) is 4.27. The number of rotatable bonds is 4. The van der Waals surface area contributed by atoms with E-state index in [9.17, 15) is 19.2 Å². The highest BCUT2D eigenvalue weighted by Gasteiger charge is 2.24. The van der Waals surface area contributed by atoms with Gasteiger partial charge < -0.3 is 19.1 Å². The molecule has 0 unspecified atom stereocenters. The van der Waals surface area contributed by atoms with Crippen LogP contribution in [0.1, 0.15) is 19.4 Å². The topological polar surface area (TPSA) is 93.8 Å². The van der Waals surface area contributed by atoms with Gasteiger partial charge in [0.15, 0.2) is 0 Å². The fourth-order valence-electron chi connectivity index (χ4n) is 2.66. The minimum atomic E-state index is -0.458. The Labute approximate surface area is 157 Å². The molecule has 9 heteroatoms. The first-order valence-electron chi connectivity index (χ1n) is 8.86. The van der Waals surface area contributed by atoms with Crippen molar-refractivity contribution in [1.29, 1.82) is 0 Å². The van der Waals surface area contributed by atoms with Crippen LogP contribution >= 0.6 is 0 Å². The van der Waals surface area contributed by atoms with Crippen LogP contribution < -0.4 is 11.2 Å². The van der Waals surface area contributed by atoms with Crippen LogP contribution in [-0.2, 0) is 23.6 Å². The number of nitrogens with zero attached hydrogens (tertiary/aromatic N) is 4. The fourth-order valence-corrected chi connectivity index (χ4v) is 2.66. The first-order valence-corrected chi connectivity index (χ1v) is 8.86. The number of ether oxygens (including phenoxy) is 1. The highest BCUT2D eigenvalue weighted by Crippen LogP contribution is 2.06. The molecule has 1 fully saturated rings. The molecule has 27 heavy (non-hydrogen) atoms. The Balaban J connectivity index is 1.95. The van der Waals surface area contributed by atoms with Crippen LogP contribution in [0, 0.1) is 5.92 Å². The van der Waals surface area contributed by atoms with Crippen molar-refractivity contribution >= 4 is 18.1 Å². The lowest BCUT2D eigenvalue weighted by Gasteiger charge is -2.33. The van der Waals surface area contributed by atoms with E-state index in [0.717, 1.165) is 4.57 Å². The molecular formula is C18H26N4O5. The number of aromatic nitrogens is 2. The molecule has 9 nitrogen and oxygen atoms in total. The third kappa shape index (κ3) is 5.08. The Kier molecular flexibility index (Phi) is 6.59. The first-order chi connectivity index (χ1) is 12.7. The Morgan fingerprint density at radius 3 is 2.30 bits per heavy atom. The Bertz CT molecular complexity index is 844. The molecule has 1 aliphatic rings. The van der Waals surface area contributed by atoms with Crippen LogP contribution in [0.4, 0.5) is 4.79 Å². The van der Waals surface area contributed by atoms with E-state index in [1.807, 2.05) is 13.8 Å². The summed E-state index contributed by atoms with van der Waals surface area (Å²) < 4.78 is 7.47. The molecule has 0 aromatic carbocycles. The molecule has 2 amide bonds. The summed E-state index contributed by atoms with van der Waals surface area (Å²) in [4.78, 5) is 51.2. The van der Waals surface area contributed by atoms with Crippen molar-refractivity contribution in [2.75, 3.05) is 32.8 Å². The minimum Gasteiger partial charge on any atom is -0.449 e. The van der Waals surface area contributed by atoms with Gasteiger partial charge in [0.2, 0.25) is 5.91 Å². The zero-order valence-corrected chi connectivity index (χ0v) is 16.2. The molecule has 1 aromatic heterocycles. The van der Waals surface area contributed by atoms with Gasteiger partial charge >= 0.3 is 11.8 Å². The van der Waals surface area contributed by atoms with Crippen molar-refractivity contribution in [3.05, 3.63) is 38.7 Å². The van der Waals surface area contributed by atoms with Crippen LogP contribution in [0.5, 0.6) is 0 Å². The summed E-state index contributed by atoms with van der Waals surface area (Å²) in [6.07, 6.45) is 3.76. The van der Waals surface area contributed by atoms with Crippen LogP contribution in [0.15, 0.2) is 21.9 Å². The van der Waals surface area contributed by atoms with Gasteiger partial charge in [0.1, 0.15) is 0 Å². The molecule has 1 aliphatic heterocycles. The summed E-state index contributed by atoms with van der Waals surface area (Å²) in [5.41, 5.74) is -0.632. The highest BCUT2D eigenvalue weighted by molar-refractivity contribution is 5.91. The molecule has 2 rings (SSSR count). The zero-order valence-electron chi connectivity index (χ0n) is 16.2. The molecule has 0 bridgehead atoms. The number of aryl methyl sites for hydroxylation is 1. The van der Waals surface area contributed by atoms with E-state index in [1.54, 1.807) is 16.8 Å². The molecule has 0 atom stereocenters. The maximum atomic E-state index is 12.3. The molecule has 2 heterocycles. The van der Waals surface area contributed by atoms with Crippen LogP contribution in [0.2, 0.25) is 0 Å². The van der Waals surface area contributed by atoms with E-state index in [-0.39, 0.29) is 23.5 Å². The van der Waals surface area contributed by atoms with E-state index in [4.69, 9.17) is 4.74 Å². The second kappa shape index (κ2) is 8.70. The van der Waals surface area contributed by atoms with Gasteiger partial charge in [0.25, 0.3) is 5.56 Å². The number of hydrogen-bond acceptors (Lipinski definition) is 5. The summed E-state index contributed by atoms with van der Waals surface area (Å²) >= 11 is 0. The number of piperazine rings is 1. The standard InChI is InChI=1S/C18H26N4O5/c1-13(2)12-27-18(26)22-9-7-21(8-10-22)15(23)6-5-14-11-19(3)17(25)20(4)16(14)24/h5-6,11,13H,7-10,12H2,1-4H3/b6-5+. The Morgan fingerprint density at radius 1 is 1.11 bits per heavy atom. The predicted molar refractivity (Wildman–Crippen MR) is 100 cm³/mol. The second-order valence-corrected chi connectivity index (χ2v) is 6.96. The molecule has 0 N–H and O–H groups in total. The maximum Gasteiger partial charge on any atom is 0.409 e. The lowest BCUT2D eigenvalue weighted by Crippen LogP contribution is -2.50. The molecule has 0 aliphatic carbocycles. The predicted octanol–water partition coefficient (Wildman–Crippen LogP) is 0.0340. The van der Waals surface area contributed by atoms with E-state index in [2.05, 4.69) is 0 Å². The zero-order chi connectivity index (χ0) is 20.1. The molecular weight excluding hydrogens is 352 g/mol. The SMILES string of the molecule is CC(C)COC(=O)N1CCN(C(=O)/C=C/c2cn(C)c(=O)n(C)c2=O)CC1. The van der Waals surface area contributed by atoms with E-state index >= 15 is 0 Å². The van der Waals surface area contributed by atoms with Crippen molar-refractivity contribution in [3.8, 4) is 0 Å². The smallest absolute Gasteiger partial charge is 0.409 e. The number of carbonyl (C=O) groups excluding carboxylic acids is 2. The van der Waals surface area contributed by atoms with Crippen LogP contribution in [-0.4, -0.2) is 63.7 Å². The van der Waals surface area contributed by atoms with Gasteiger partial charge in [-0.25, -0.2) is 9.59 Å². The van der Waals surface area contributed by atoms with Gasteiger partial charge in [-0.15, -0.1) is 0 Å². The van der Waals surface area contributed by atoms with E-state index in [0.29, 0.717) is 32.8 Å². The van der Waals surface area contributed by atoms with Gasteiger partial charge in [0.05, 0.1) is 12.2 Å². The average molecular weight is 378 g/mol.